The van der Waals surface area contributed by atoms with Crippen molar-refractivity contribution >= 4 is 59.9 Å². The van der Waals surface area contributed by atoms with E-state index in [4.69, 9.17) is 9.98 Å². The van der Waals surface area contributed by atoms with Crippen LogP contribution in [0.5, 0.6) is 0 Å². The molecule has 0 radical (unpaired) electrons. The largest absolute Gasteiger partial charge is 0.269 e. The standard InChI is InChI=1S/C46H36N2S/c1-45(2)46(3,4)49-44(48-45)41-24-22-36(28-47-41)33-21-23-39-40(27-33)43(35-20-18-30-12-6-8-14-32(30)26-35)38-16-10-9-15-37(38)42(39)34-19-17-29-11-5-7-13-31(29)25-34/h5-28H,1-4H3. The van der Waals surface area contributed by atoms with E-state index >= 15 is 0 Å². The van der Waals surface area contributed by atoms with Gasteiger partial charge >= 0.3 is 0 Å². The maximum atomic E-state index is 5.06. The Hall–Kier alpha value is -5.25. The first kappa shape index (κ1) is 29.9. The number of hydrogen-bond acceptors (Lipinski definition) is 3. The summed E-state index contributed by atoms with van der Waals surface area (Å²) in [5, 5.41) is 11.0. The normalized spacial score (nSPS) is 15.3. The average molecular weight is 649 g/mol. The zero-order chi connectivity index (χ0) is 33.3. The molecular formula is C46H36N2S. The Labute approximate surface area is 291 Å². The van der Waals surface area contributed by atoms with Crippen LogP contribution in [0.15, 0.2) is 151 Å². The highest BCUT2D eigenvalue weighted by molar-refractivity contribution is 8.15. The Balaban J connectivity index is 1.28. The van der Waals surface area contributed by atoms with Gasteiger partial charge in [-0.2, -0.15) is 0 Å². The molecule has 1 aliphatic rings. The van der Waals surface area contributed by atoms with Crippen LogP contribution in [0.3, 0.4) is 0 Å². The number of nitrogens with zero attached hydrogens (tertiary/aromatic N) is 2. The number of aromatic nitrogens is 1. The van der Waals surface area contributed by atoms with Gasteiger partial charge in [0.1, 0.15) is 5.04 Å². The maximum absolute atomic E-state index is 5.06. The van der Waals surface area contributed by atoms with Crippen LogP contribution < -0.4 is 0 Å². The molecule has 49 heavy (non-hydrogen) atoms. The van der Waals surface area contributed by atoms with Crippen molar-refractivity contribution in [3.05, 3.63) is 151 Å². The highest BCUT2D eigenvalue weighted by Gasteiger charge is 2.44. The van der Waals surface area contributed by atoms with E-state index in [0.29, 0.717) is 0 Å². The lowest BCUT2D eigenvalue weighted by Crippen LogP contribution is -2.36. The molecule has 0 unspecified atom stereocenters. The average Bonchev–Trinajstić information content (AvgIpc) is 3.35. The van der Waals surface area contributed by atoms with Crippen LogP contribution in [0.4, 0.5) is 0 Å². The lowest BCUT2D eigenvalue weighted by atomic mass is 9.84. The number of thioether (sulfide) groups is 1. The molecule has 3 heteroatoms. The highest BCUT2D eigenvalue weighted by Crippen LogP contribution is 2.47. The second-order valence-electron chi connectivity index (χ2n) is 14.2. The van der Waals surface area contributed by atoms with Crippen LogP contribution in [-0.2, 0) is 0 Å². The van der Waals surface area contributed by atoms with Gasteiger partial charge in [-0.15, -0.1) is 0 Å². The fourth-order valence-corrected chi connectivity index (χ4v) is 8.53. The number of pyridine rings is 1. The Morgan fingerprint density at radius 3 is 1.51 bits per heavy atom. The van der Waals surface area contributed by atoms with Gasteiger partial charge in [0, 0.05) is 16.5 Å². The molecule has 7 aromatic carbocycles. The first-order chi connectivity index (χ1) is 23.8. The third-order valence-corrected chi connectivity index (χ3v) is 12.1. The Morgan fingerprint density at radius 2 is 0.959 bits per heavy atom. The van der Waals surface area contributed by atoms with Gasteiger partial charge in [-0.25, -0.2) is 0 Å². The van der Waals surface area contributed by atoms with Gasteiger partial charge in [0.2, 0.25) is 0 Å². The molecule has 0 saturated heterocycles. The fraction of sp³-hybridized carbons (Fsp3) is 0.130. The van der Waals surface area contributed by atoms with Crippen LogP contribution >= 0.6 is 11.8 Å². The summed E-state index contributed by atoms with van der Waals surface area (Å²) < 4.78 is 0.0196. The molecule has 236 valence electrons. The lowest BCUT2D eigenvalue weighted by Gasteiger charge is -2.30. The molecule has 1 aromatic heterocycles. The predicted molar refractivity (Wildman–Crippen MR) is 213 cm³/mol. The number of fused-ring (bicyclic) bond motifs is 4. The van der Waals surface area contributed by atoms with Crippen molar-refractivity contribution in [3.8, 4) is 33.4 Å². The van der Waals surface area contributed by atoms with Crippen molar-refractivity contribution in [3.63, 3.8) is 0 Å². The van der Waals surface area contributed by atoms with Crippen LogP contribution in [0.1, 0.15) is 33.4 Å². The fourth-order valence-electron chi connectivity index (χ4n) is 7.25. The van der Waals surface area contributed by atoms with Gasteiger partial charge in [0.15, 0.2) is 0 Å². The van der Waals surface area contributed by atoms with Crippen LogP contribution in [0, 0.1) is 0 Å². The van der Waals surface area contributed by atoms with Gasteiger partial charge < -0.3 is 0 Å². The molecule has 9 rings (SSSR count). The molecule has 0 atom stereocenters. The minimum absolute atomic E-state index is 0.0196. The second-order valence-corrected chi connectivity index (χ2v) is 15.8. The summed E-state index contributed by atoms with van der Waals surface area (Å²) in [5.41, 5.74) is 8.01. The zero-order valence-electron chi connectivity index (χ0n) is 28.2. The van der Waals surface area contributed by atoms with Gasteiger partial charge in [-0.1, -0.05) is 127 Å². The first-order valence-electron chi connectivity index (χ1n) is 17.0. The molecule has 0 spiro atoms. The highest BCUT2D eigenvalue weighted by atomic mass is 32.2. The second kappa shape index (κ2) is 11.1. The molecule has 2 heterocycles. The Morgan fingerprint density at radius 1 is 0.449 bits per heavy atom. The van der Waals surface area contributed by atoms with Gasteiger partial charge in [-0.3, -0.25) is 9.98 Å². The van der Waals surface area contributed by atoms with Crippen molar-refractivity contribution in [2.24, 2.45) is 4.99 Å². The zero-order valence-corrected chi connectivity index (χ0v) is 29.0. The van der Waals surface area contributed by atoms with E-state index in [1.807, 2.05) is 18.0 Å². The van der Waals surface area contributed by atoms with Crippen molar-refractivity contribution < 1.29 is 0 Å². The quantitative estimate of drug-likeness (QED) is 0.177. The maximum Gasteiger partial charge on any atom is 0.117 e. The van der Waals surface area contributed by atoms with Gasteiger partial charge in [0.05, 0.1) is 11.2 Å². The lowest BCUT2D eigenvalue weighted by molar-refractivity contribution is 0.426. The summed E-state index contributed by atoms with van der Waals surface area (Å²) >= 11 is 1.82. The summed E-state index contributed by atoms with van der Waals surface area (Å²) in [7, 11) is 0. The van der Waals surface area contributed by atoms with Crippen molar-refractivity contribution in [1.29, 1.82) is 0 Å². The number of benzene rings is 7. The Bertz CT molecular complexity index is 2630. The van der Waals surface area contributed by atoms with Crippen LogP contribution in [0.2, 0.25) is 0 Å². The van der Waals surface area contributed by atoms with Crippen LogP contribution in [-0.4, -0.2) is 20.3 Å². The Kier molecular flexibility index (Phi) is 6.79. The third-order valence-electron chi connectivity index (χ3n) is 10.6. The topological polar surface area (TPSA) is 25.2 Å². The molecule has 0 fully saturated rings. The molecule has 0 aliphatic carbocycles. The summed E-state index contributed by atoms with van der Waals surface area (Å²) in [6.07, 6.45) is 2.01. The van der Waals surface area contributed by atoms with Crippen molar-refractivity contribution in [1.82, 2.24) is 4.98 Å². The van der Waals surface area contributed by atoms with Crippen LogP contribution in [0.25, 0.3) is 76.5 Å². The first-order valence-corrected chi connectivity index (χ1v) is 17.8. The molecule has 0 bridgehead atoms. The molecule has 2 nitrogen and oxygen atoms in total. The van der Waals surface area contributed by atoms with E-state index in [2.05, 4.69) is 167 Å². The van der Waals surface area contributed by atoms with Gasteiger partial charge in [-0.05, 0) is 123 Å². The monoisotopic (exact) mass is 648 g/mol. The number of aliphatic imine (C=N–C) groups is 1. The van der Waals surface area contributed by atoms with Crippen molar-refractivity contribution in [2.75, 3.05) is 0 Å². The molecule has 8 aromatic rings. The van der Waals surface area contributed by atoms with Crippen molar-refractivity contribution in [2.45, 2.75) is 38.0 Å². The van der Waals surface area contributed by atoms with Gasteiger partial charge in [0.25, 0.3) is 0 Å². The molecule has 0 saturated carbocycles. The summed E-state index contributed by atoms with van der Waals surface area (Å²) in [5.74, 6) is 0. The SMILES string of the molecule is CC1(C)N=C(c2ccc(-c3ccc4c(-c5ccc6ccccc6c5)c5ccccc5c(-c5ccc6ccccc6c5)c4c3)cn2)SC1(C)C. The van der Waals surface area contributed by atoms with E-state index in [9.17, 15) is 0 Å². The van der Waals surface area contributed by atoms with E-state index in [0.717, 1.165) is 21.9 Å². The van der Waals surface area contributed by atoms with E-state index < -0.39 is 0 Å². The number of hydrogen-bond donors (Lipinski definition) is 0. The smallest absolute Gasteiger partial charge is 0.117 e. The minimum atomic E-state index is -0.142. The van der Waals surface area contributed by atoms with E-state index in [1.54, 1.807) is 0 Å². The van der Waals surface area contributed by atoms with E-state index in [-0.39, 0.29) is 10.3 Å². The number of rotatable bonds is 4. The van der Waals surface area contributed by atoms with E-state index in [1.165, 1.54) is 65.3 Å². The minimum Gasteiger partial charge on any atom is -0.269 e. The third kappa shape index (κ3) is 4.95. The molecule has 0 amide bonds. The summed E-state index contributed by atoms with van der Waals surface area (Å²) in [6, 6.07) is 51.2. The molecule has 0 N–H and O–H groups in total. The summed E-state index contributed by atoms with van der Waals surface area (Å²) in [6.45, 7) is 8.94. The predicted octanol–water partition coefficient (Wildman–Crippen LogP) is 12.7. The molecule has 1 aliphatic heterocycles. The summed E-state index contributed by atoms with van der Waals surface area (Å²) in [4.78, 5) is 10.0. The molecular weight excluding hydrogens is 613 g/mol.